The average Bonchev–Trinajstić information content (AvgIpc) is 2.88. The van der Waals surface area contributed by atoms with E-state index in [4.69, 9.17) is 5.11 Å². The second-order valence-corrected chi connectivity index (χ2v) is 5.39. The second-order valence-electron chi connectivity index (χ2n) is 5.39. The Balaban J connectivity index is 1.84. The van der Waals surface area contributed by atoms with Crippen molar-refractivity contribution in [3.63, 3.8) is 0 Å². The normalized spacial score (nSPS) is 22.4. The largest absolute Gasteiger partial charge is 0.481 e. The summed E-state index contributed by atoms with van der Waals surface area (Å²) in [6, 6.07) is 1.84. The summed E-state index contributed by atoms with van der Waals surface area (Å²) in [5.74, 6) is -1.17. The molecule has 1 heterocycles. The number of amides is 1. The SMILES string of the molecule is CCCc1cc(C(=O)NC2CCC(C(=O)O)CC2)n[nH]1. The number of aliphatic carboxylic acids is 1. The van der Waals surface area contributed by atoms with Crippen LogP contribution in [0.1, 0.15) is 55.2 Å². The summed E-state index contributed by atoms with van der Waals surface area (Å²) < 4.78 is 0. The van der Waals surface area contributed by atoms with Crippen LogP contribution in [-0.2, 0) is 11.2 Å². The minimum atomic E-state index is -0.730. The van der Waals surface area contributed by atoms with Crippen LogP contribution < -0.4 is 5.32 Å². The first-order chi connectivity index (χ1) is 9.60. The number of hydrogen-bond donors (Lipinski definition) is 3. The van der Waals surface area contributed by atoms with Crippen LogP contribution in [0.15, 0.2) is 6.07 Å². The van der Waals surface area contributed by atoms with Gasteiger partial charge in [0.05, 0.1) is 5.92 Å². The maximum Gasteiger partial charge on any atom is 0.306 e. The van der Waals surface area contributed by atoms with E-state index in [2.05, 4.69) is 22.4 Å². The lowest BCUT2D eigenvalue weighted by atomic mass is 9.86. The van der Waals surface area contributed by atoms with E-state index in [-0.39, 0.29) is 17.9 Å². The molecule has 0 radical (unpaired) electrons. The third-order valence-electron chi connectivity index (χ3n) is 3.79. The molecule has 0 atom stereocenters. The van der Waals surface area contributed by atoms with Gasteiger partial charge in [-0.05, 0) is 38.2 Å². The molecule has 20 heavy (non-hydrogen) atoms. The van der Waals surface area contributed by atoms with E-state index >= 15 is 0 Å². The van der Waals surface area contributed by atoms with Gasteiger partial charge < -0.3 is 10.4 Å². The molecule has 0 bridgehead atoms. The lowest BCUT2D eigenvalue weighted by Gasteiger charge is -2.26. The van der Waals surface area contributed by atoms with Crippen molar-refractivity contribution in [1.82, 2.24) is 15.5 Å². The first-order valence-corrected chi connectivity index (χ1v) is 7.18. The summed E-state index contributed by atoms with van der Waals surface area (Å²) in [5, 5.41) is 18.7. The lowest BCUT2D eigenvalue weighted by Crippen LogP contribution is -2.38. The maximum absolute atomic E-state index is 12.0. The number of hydrogen-bond acceptors (Lipinski definition) is 3. The summed E-state index contributed by atoms with van der Waals surface area (Å²) in [4.78, 5) is 22.9. The summed E-state index contributed by atoms with van der Waals surface area (Å²) in [6.45, 7) is 2.07. The molecule has 1 aliphatic rings. The fourth-order valence-electron chi connectivity index (χ4n) is 2.62. The van der Waals surface area contributed by atoms with Gasteiger partial charge in [-0.2, -0.15) is 5.10 Å². The third kappa shape index (κ3) is 3.59. The van der Waals surface area contributed by atoms with Crippen LogP contribution >= 0.6 is 0 Å². The molecule has 0 aromatic carbocycles. The molecule has 0 aliphatic heterocycles. The van der Waals surface area contributed by atoms with Crippen molar-refractivity contribution in [2.75, 3.05) is 0 Å². The van der Waals surface area contributed by atoms with Gasteiger partial charge in [0, 0.05) is 11.7 Å². The molecule has 3 N–H and O–H groups in total. The number of nitrogens with one attached hydrogen (secondary N) is 2. The Morgan fingerprint density at radius 2 is 2.10 bits per heavy atom. The van der Waals surface area contributed by atoms with Gasteiger partial charge in [-0.3, -0.25) is 14.7 Å². The summed E-state index contributed by atoms with van der Waals surface area (Å²) >= 11 is 0. The van der Waals surface area contributed by atoms with Gasteiger partial charge in [-0.15, -0.1) is 0 Å². The first kappa shape index (κ1) is 14.6. The molecule has 1 aliphatic carbocycles. The smallest absolute Gasteiger partial charge is 0.306 e. The molecule has 0 spiro atoms. The fourth-order valence-corrected chi connectivity index (χ4v) is 2.62. The summed E-state index contributed by atoms with van der Waals surface area (Å²) in [6.07, 6.45) is 4.57. The Bertz CT molecular complexity index is 476. The molecule has 2 rings (SSSR count). The van der Waals surface area contributed by atoms with Crippen molar-refractivity contribution in [2.24, 2.45) is 5.92 Å². The number of carbonyl (C=O) groups is 2. The average molecular weight is 279 g/mol. The highest BCUT2D eigenvalue weighted by molar-refractivity contribution is 5.92. The van der Waals surface area contributed by atoms with E-state index in [1.165, 1.54) is 0 Å². The van der Waals surface area contributed by atoms with Crippen LogP contribution in [0.25, 0.3) is 0 Å². The number of aromatic amines is 1. The fraction of sp³-hybridized carbons (Fsp3) is 0.643. The van der Waals surface area contributed by atoms with Crippen LogP contribution in [0.2, 0.25) is 0 Å². The molecule has 1 amide bonds. The minimum absolute atomic E-state index is 0.0597. The second kappa shape index (κ2) is 6.54. The van der Waals surface area contributed by atoms with Crippen LogP contribution in [-0.4, -0.2) is 33.2 Å². The van der Waals surface area contributed by atoms with E-state index in [9.17, 15) is 9.59 Å². The highest BCUT2D eigenvalue weighted by atomic mass is 16.4. The molecule has 1 aromatic rings. The number of aromatic nitrogens is 2. The van der Waals surface area contributed by atoms with Crippen molar-refractivity contribution in [3.8, 4) is 0 Å². The molecular weight excluding hydrogens is 258 g/mol. The van der Waals surface area contributed by atoms with Gasteiger partial charge in [0.15, 0.2) is 0 Å². The number of rotatable bonds is 5. The van der Waals surface area contributed by atoms with Gasteiger partial charge in [0.1, 0.15) is 5.69 Å². The van der Waals surface area contributed by atoms with Gasteiger partial charge in [0.25, 0.3) is 5.91 Å². The van der Waals surface area contributed by atoms with Gasteiger partial charge >= 0.3 is 5.97 Å². The number of carbonyl (C=O) groups excluding carboxylic acids is 1. The number of carboxylic acid groups (broad SMARTS) is 1. The van der Waals surface area contributed by atoms with Crippen molar-refractivity contribution < 1.29 is 14.7 Å². The van der Waals surface area contributed by atoms with E-state index in [0.717, 1.165) is 31.4 Å². The van der Waals surface area contributed by atoms with Crippen molar-refractivity contribution >= 4 is 11.9 Å². The molecule has 6 nitrogen and oxygen atoms in total. The molecule has 110 valence electrons. The predicted octanol–water partition coefficient (Wildman–Crippen LogP) is 1.74. The van der Waals surface area contributed by atoms with E-state index in [1.54, 1.807) is 6.07 Å². The molecule has 1 fully saturated rings. The van der Waals surface area contributed by atoms with Crippen molar-refractivity contribution in [2.45, 2.75) is 51.5 Å². The maximum atomic E-state index is 12.0. The Hall–Kier alpha value is -1.85. The Morgan fingerprint density at radius 1 is 1.40 bits per heavy atom. The third-order valence-corrected chi connectivity index (χ3v) is 3.79. The summed E-state index contributed by atoms with van der Waals surface area (Å²) in [5.41, 5.74) is 1.38. The highest BCUT2D eigenvalue weighted by Crippen LogP contribution is 2.24. The number of carboxylic acids is 1. The zero-order valence-corrected chi connectivity index (χ0v) is 11.7. The topological polar surface area (TPSA) is 95.1 Å². The van der Waals surface area contributed by atoms with Gasteiger partial charge in [0.2, 0.25) is 0 Å². The lowest BCUT2D eigenvalue weighted by molar-refractivity contribution is -0.142. The van der Waals surface area contributed by atoms with E-state index in [1.807, 2.05) is 0 Å². The summed E-state index contributed by atoms with van der Waals surface area (Å²) in [7, 11) is 0. The Labute approximate surface area is 118 Å². The molecule has 6 heteroatoms. The van der Waals surface area contributed by atoms with Crippen molar-refractivity contribution in [3.05, 3.63) is 17.5 Å². The van der Waals surface area contributed by atoms with Gasteiger partial charge in [-0.1, -0.05) is 13.3 Å². The quantitative estimate of drug-likeness (QED) is 0.765. The molecule has 0 unspecified atom stereocenters. The molecule has 1 aromatic heterocycles. The van der Waals surface area contributed by atoms with E-state index < -0.39 is 5.97 Å². The van der Waals surface area contributed by atoms with Crippen LogP contribution in [0.3, 0.4) is 0 Å². The highest BCUT2D eigenvalue weighted by Gasteiger charge is 2.27. The Kier molecular flexibility index (Phi) is 4.76. The van der Waals surface area contributed by atoms with Gasteiger partial charge in [-0.25, -0.2) is 0 Å². The first-order valence-electron chi connectivity index (χ1n) is 7.18. The number of H-pyrrole nitrogens is 1. The molecule has 1 saturated carbocycles. The van der Waals surface area contributed by atoms with E-state index in [0.29, 0.717) is 18.5 Å². The molecule has 0 saturated heterocycles. The van der Waals surface area contributed by atoms with Crippen LogP contribution in [0.5, 0.6) is 0 Å². The predicted molar refractivity (Wildman–Crippen MR) is 73.4 cm³/mol. The van der Waals surface area contributed by atoms with Crippen LogP contribution in [0.4, 0.5) is 0 Å². The number of nitrogens with zero attached hydrogens (tertiary/aromatic N) is 1. The zero-order chi connectivity index (χ0) is 14.5. The monoisotopic (exact) mass is 279 g/mol. The standard InChI is InChI=1S/C14H21N3O3/c1-2-3-11-8-12(17-16-11)13(18)15-10-6-4-9(5-7-10)14(19)20/h8-10H,2-7H2,1H3,(H,15,18)(H,16,17)(H,19,20). The molecular formula is C14H21N3O3. The Morgan fingerprint density at radius 3 is 2.70 bits per heavy atom. The van der Waals surface area contributed by atoms with Crippen LogP contribution in [0, 0.1) is 5.92 Å². The number of aryl methyl sites for hydroxylation is 1. The minimum Gasteiger partial charge on any atom is -0.481 e. The van der Waals surface area contributed by atoms with Crippen molar-refractivity contribution in [1.29, 1.82) is 0 Å². The zero-order valence-electron chi connectivity index (χ0n) is 11.7.